The van der Waals surface area contributed by atoms with Crippen molar-refractivity contribution in [3.05, 3.63) is 65.2 Å². The van der Waals surface area contributed by atoms with Crippen molar-refractivity contribution >= 4 is 11.6 Å². The lowest BCUT2D eigenvalue weighted by molar-refractivity contribution is -0.125. The first kappa shape index (κ1) is 16.6. The predicted molar refractivity (Wildman–Crippen MR) is 99.1 cm³/mol. The number of hydrogen-bond donors (Lipinski definition) is 1. The summed E-state index contributed by atoms with van der Waals surface area (Å²) in [6, 6.07) is 17.0. The van der Waals surface area contributed by atoms with Crippen LogP contribution in [0.1, 0.15) is 29.5 Å². The van der Waals surface area contributed by atoms with Crippen LogP contribution in [-0.4, -0.2) is 19.0 Å². The zero-order valence-corrected chi connectivity index (χ0v) is 14.6. The summed E-state index contributed by atoms with van der Waals surface area (Å²) >= 11 is 0. The summed E-state index contributed by atoms with van der Waals surface area (Å²) in [5.74, 6) is 0.330. The number of anilines is 1. The van der Waals surface area contributed by atoms with Crippen LogP contribution in [0.4, 0.5) is 5.69 Å². The third-order valence-electron chi connectivity index (χ3n) is 4.85. The maximum absolute atomic E-state index is 12.4. The molecule has 1 aliphatic rings. The van der Waals surface area contributed by atoms with E-state index in [0.717, 1.165) is 31.5 Å². The second-order valence-electron chi connectivity index (χ2n) is 6.80. The molecule has 24 heavy (non-hydrogen) atoms. The van der Waals surface area contributed by atoms with E-state index >= 15 is 0 Å². The van der Waals surface area contributed by atoms with Gasteiger partial charge >= 0.3 is 0 Å². The molecule has 2 aromatic rings. The average Bonchev–Trinajstić information content (AvgIpc) is 2.62. The smallest absolute Gasteiger partial charge is 0.223 e. The molecule has 0 aliphatic carbocycles. The zero-order chi connectivity index (χ0) is 16.9. The quantitative estimate of drug-likeness (QED) is 0.927. The van der Waals surface area contributed by atoms with E-state index in [9.17, 15) is 4.79 Å². The van der Waals surface area contributed by atoms with Gasteiger partial charge in [-0.05, 0) is 44.4 Å². The number of carbonyl (C=O) groups is 1. The largest absolute Gasteiger partial charge is 0.371 e. The minimum Gasteiger partial charge on any atom is -0.371 e. The van der Waals surface area contributed by atoms with Crippen molar-refractivity contribution < 1.29 is 4.79 Å². The van der Waals surface area contributed by atoms with E-state index in [0.29, 0.717) is 6.54 Å². The predicted octanol–water partition coefficient (Wildman–Crippen LogP) is 3.84. The van der Waals surface area contributed by atoms with Gasteiger partial charge in [0.1, 0.15) is 0 Å². The highest BCUT2D eigenvalue weighted by Gasteiger charge is 2.24. The maximum Gasteiger partial charge on any atom is 0.223 e. The Morgan fingerprint density at radius 1 is 0.958 bits per heavy atom. The summed E-state index contributed by atoms with van der Waals surface area (Å²) in [5, 5.41) is 3.09. The number of carbonyl (C=O) groups excluding carboxylic acids is 1. The summed E-state index contributed by atoms with van der Waals surface area (Å²) in [6.07, 6.45) is 1.85. The van der Waals surface area contributed by atoms with E-state index < -0.39 is 0 Å². The van der Waals surface area contributed by atoms with Gasteiger partial charge in [-0.3, -0.25) is 4.79 Å². The number of nitrogens with zero attached hydrogens (tertiary/aromatic N) is 1. The molecule has 1 N–H and O–H groups in total. The van der Waals surface area contributed by atoms with Crippen LogP contribution in [0, 0.1) is 19.8 Å². The van der Waals surface area contributed by atoms with Crippen LogP contribution < -0.4 is 10.2 Å². The SMILES string of the molecule is Cc1ccc(CNC(=O)C2CCN(c3ccc(C)cc3)CC2)cc1. The van der Waals surface area contributed by atoms with Gasteiger partial charge in [0.2, 0.25) is 5.91 Å². The van der Waals surface area contributed by atoms with E-state index in [1.54, 1.807) is 0 Å². The second-order valence-corrected chi connectivity index (χ2v) is 6.80. The number of rotatable bonds is 4. The van der Waals surface area contributed by atoms with Crippen LogP contribution in [0.2, 0.25) is 0 Å². The molecule has 1 fully saturated rings. The van der Waals surface area contributed by atoms with Crippen LogP contribution >= 0.6 is 0 Å². The number of nitrogens with one attached hydrogen (secondary N) is 1. The molecule has 0 atom stereocenters. The Hall–Kier alpha value is -2.29. The molecular formula is C21H26N2O. The molecule has 0 bridgehead atoms. The lowest BCUT2D eigenvalue weighted by Gasteiger charge is -2.33. The molecule has 0 aromatic heterocycles. The number of hydrogen-bond acceptors (Lipinski definition) is 2. The Kier molecular flexibility index (Phi) is 5.19. The number of benzene rings is 2. The summed E-state index contributed by atoms with van der Waals surface area (Å²) in [7, 11) is 0. The zero-order valence-electron chi connectivity index (χ0n) is 14.6. The fourth-order valence-electron chi connectivity index (χ4n) is 3.19. The molecule has 2 aromatic carbocycles. The molecule has 1 heterocycles. The van der Waals surface area contributed by atoms with Gasteiger partial charge in [0.05, 0.1) is 0 Å². The van der Waals surface area contributed by atoms with Gasteiger partial charge in [-0.1, -0.05) is 47.5 Å². The Labute approximate surface area is 144 Å². The van der Waals surface area contributed by atoms with Crippen LogP contribution in [0.5, 0.6) is 0 Å². The molecular weight excluding hydrogens is 296 g/mol. The lowest BCUT2D eigenvalue weighted by Crippen LogP contribution is -2.40. The second kappa shape index (κ2) is 7.52. The van der Waals surface area contributed by atoms with Gasteiger partial charge in [-0.25, -0.2) is 0 Å². The molecule has 3 heteroatoms. The minimum absolute atomic E-state index is 0.136. The highest BCUT2D eigenvalue weighted by Crippen LogP contribution is 2.23. The summed E-state index contributed by atoms with van der Waals surface area (Å²) in [6.45, 7) is 6.70. The molecule has 0 spiro atoms. The molecule has 1 saturated heterocycles. The maximum atomic E-state index is 12.4. The van der Waals surface area contributed by atoms with E-state index in [4.69, 9.17) is 0 Å². The molecule has 3 rings (SSSR count). The van der Waals surface area contributed by atoms with Crippen LogP contribution in [0.3, 0.4) is 0 Å². The minimum atomic E-state index is 0.136. The van der Waals surface area contributed by atoms with Crippen molar-refractivity contribution in [1.29, 1.82) is 0 Å². The summed E-state index contributed by atoms with van der Waals surface area (Å²) < 4.78 is 0. The van der Waals surface area contributed by atoms with Crippen LogP contribution in [0.25, 0.3) is 0 Å². The third kappa shape index (κ3) is 4.16. The standard InChI is InChI=1S/C21H26N2O/c1-16-3-7-18(8-4-16)15-22-21(24)19-11-13-23(14-12-19)20-9-5-17(2)6-10-20/h3-10,19H,11-15H2,1-2H3,(H,22,24). The van der Waals surface area contributed by atoms with Crippen LogP contribution in [0.15, 0.2) is 48.5 Å². The normalized spacial score (nSPS) is 15.3. The van der Waals surface area contributed by atoms with E-state index in [2.05, 4.69) is 72.6 Å². The molecule has 1 aliphatic heterocycles. The Morgan fingerprint density at radius 3 is 2.08 bits per heavy atom. The van der Waals surface area contributed by atoms with Crippen molar-refractivity contribution in [2.45, 2.75) is 33.2 Å². The van der Waals surface area contributed by atoms with Gasteiger partial charge in [-0.2, -0.15) is 0 Å². The van der Waals surface area contributed by atoms with Gasteiger partial charge in [0.15, 0.2) is 0 Å². The fraction of sp³-hybridized carbons (Fsp3) is 0.381. The van der Waals surface area contributed by atoms with E-state index in [-0.39, 0.29) is 11.8 Å². The van der Waals surface area contributed by atoms with Crippen molar-refractivity contribution in [2.24, 2.45) is 5.92 Å². The fourth-order valence-corrected chi connectivity index (χ4v) is 3.19. The first-order valence-electron chi connectivity index (χ1n) is 8.77. The van der Waals surface area contributed by atoms with Crippen molar-refractivity contribution in [3.63, 3.8) is 0 Å². The average molecular weight is 322 g/mol. The highest BCUT2D eigenvalue weighted by molar-refractivity contribution is 5.79. The van der Waals surface area contributed by atoms with Crippen molar-refractivity contribution in [2.75, 3.05) is 18.0 Å². The molecule has 0 saturated carbocycles. The molecule has 3 nitrogen and oxygen atoms in total. The molecule has 0 radical (unpaired) electrons. The Morgan fingerprint density at radius 2 is 1.50 bits per heavy atom. The third-order valence-corrected chi connectivity index (χ3v) is 4.85. The Bertz CT molecular complexity index is 668. The number of amides is 1. The van der Waals surface area contributed by atoms with Gasteiger partial charge in [-0.15, -0.1) is 0 Å². The lowest BCUT2D eigenvalue weighted by atomic mass is 9.95. The Balaban J connectivity index is 1.48. The van der Waals surface area contributed by atoms with Crippen molar-refractivity contribution in [1.82, 2.24) is 5.32 Å². The van der Waals surface area contributed by atoms with Crippen molar-refractivity contribution in [3.8, 4) is 0 Å². The van der Waals surface area contributed by atoms with Gasteiger partial charge in [0.25, 0.3) is 0 Å². The molecule has 126 valence electrons. The molecule has 1 amide bonds. The monoisotopic (exact) mass is 322 g/mol. The molecule has 0 unspecified atom stereocenters. The summed E-state index contributed by atoms with van der Waals surface area (Å²) in [4.78, 5) is 14.8. The highest BCUT2D eigenvalue weighted by atomic mass is 16.1. The van der Waals surface area contributed by atoms with E-state index in [1.807, 2.05) is 0 Å². The summed E-state index contributed by atoms with van der Waals surface area (Å²) in [5.41, 5.74) is 4.95. The van der Waals surface area contributed by atoms with E-state index in [1.165, 1.54) is 16.8 Å². The number of aryl methyl sites for hydroxylation is 2. The topological polar surface area (TPSA) is 32.3 Å². The van der Waals surface area contributed by atoms with Gasteiger partial charge in [0, 0.05) is 31.2 Å². The van der Waals surface area contributed by atoms with Crippen LogP contribution in [-0.2, 0) is 11.3 Å². The van der Waals surface area contributed by atoms with Gasteiger partial charge < -0.3 is 10.2 Å². The first-order chi connectivity index (χ1) is 11.6. The number of piperidine rings is 1. The first-order valence-corrected chi connectivity index (χ1v) is 8.77.